The second-order valence-corrected chi connectivity index (χ2v) is 10.6. The molecular weight excluding hydrogens is 458 g/mol. The van der Waals surface area contributed by atoms with E-state index in [1.807, 2.05) is 0 Å². The Bertz CT molecular complexity index is 1290. The molecule has 8 nitrogen and oxygen atoms in total. The Morgan fingerprint density at radius 3 is 2.21 bits per heavy atom. The first-order valence-corrected chi connectivity index (χ1v) is 12.1. The first-order chi connectivity index (χ1) is 16.0. The van der Waals surface area contributed by atoms with Gasteiger partial charge >= 0.3 is 5.97 Å². The lowest BCUT2D eigenvalue weighted by Gasteiger charge is -2.17. The summed E-state index contributed by atoms with van der Waals surface area (Å²) < 4.78 is 35.4. The zero-order valence-corrected chi connectivity index (χ0v) is 19.8. The monoisotopic (exact) mass is 483 g/mol. The minimum Gasteiger partial charge on any atom is -0.457 e. The minimum absolute atomic E-state index is 0.118. The zero-order valence-electron chi connectivity index (χ0n) is 19.0. The Balaban J connectivity index is 1.61. The molecule has 1 amide bonds. The number of carbonyl (C=O) groups is 3. The van der Waals surface area contributed by atoms with Crippen LogP contribution >= 0.6 is 0 Å². The second kappa shape index (κ2) is 10.0. The van der Waals surface area contributed by atoms with E-state index in [-0.39, 0.29) is 27.7 Å². The number of ketones is 1. The number of nitrogens with one attached hydrogen (secondary N) is 1. The lowest BCUT2D eigenvalue weighted by atomic mass is 9.95. The second-order valence-electron chi connectivity index (χ2n) is 8.63. The average molecular weight is 484 g/mol. The highest BCUT2D eigenvalue weighted by Crippen LogP contribution is 2.21. The van der Waals surface area contributed by atoms with Crippen molar-refractivity contribution in [3.8, 4) is 0 Å². The molecule has 1 heterocycles. The van der Waals surface area contributed by atoms with Crippen LogP contribution < -0.4 is 5.32 Å². The lowest BCUT2D eigenvalue weighted by molar-refractivity contribution is -0.123. The maximum atomic E-state index is 12.6. The van der Waals surface area contributed by atoms with Crippen molar-refractivity contribution >= 4 is 33.2 Å². The van der Waals surface area contributed by atoms with Gasteiger partial charge in [-0.15, -0.1) is 0 Å². The summed E-state index contributed by atoms with van der Waals surface area (Å²) in [5.41, 5.74) is 0.398. The molecule has 0 bridgehead atoms. The molecule has 0 radical (unpaired) electrons. The van der Waals surface area contributed by atoms with Gasteiger partial charge in [0.2, 0.25) is 11.7 Å². The van der Waals surface area contributed by atoms with Gasteiger partial charge in [0.05, 0.1) is 16.9 Å². The van der Waals surface area contributed by atoms with Crippen LogP contribution in [0.4, 0.5) is 5.69 Å². The van der Waals surface area contributed by atoms with Gasteiger partial charge in [0.25, 0.3) is 0 Å². The summed E-state index contributed by atoms with van der Waals surface area (Å²) in [5, 5.41) is 2.76. The van der Waals surface area contributed by atoms with Gasteiger partial charge in [-0.2, -0.15) is 0 Å². The highest BCUT2D eigenvalue weighted by molar-refractivity contribution is 7.90. The normalized spacial score (nSPS) is 11.6. The number of hydrogen-bond acceptors (Lipinski definition) is 7. The molecule has 0 spiro atoms. The summed E-state index contributed by atoms with van der Waals surface area (Å²) in [6, 6.07) is 15.4. The molecule has 0 aliphatic heterocycles. The van der Waals surface area contributed by atoms with Crippen LogP contribution in [0.2, 0.25) is 0 Å². The minimum atomic E-state index is -3.70. The van der Waals surface area contributed by atoms with Crippen molar-refractivity contribution < 1.29 is 32.0 Å². The summed E-state index contributed by atoms with van der Waals surface area (Å²) >= 11 is 0. The van der Waals surface area contributed by atoms with E-state index >= 15 is 0 Å². The quantitative estimate of drug-likeness (QED) is 0.375. The molecule has 0 aliphatic carbocycles. The SMILES string of the molecule is CC(C)(C)C(=O)Nc1ccc(C(=O)COC(=O)c2occc2CS(=O)(=O)c2ccccc2)cc1. The maximum Gasteiger partial charge on any atom is 0.374 e. The third-order valence-electron chi connectivity index (χ3n) is 4.86. The summed E-state index contributed by atoms with van der Waals surface area (Å²) in [6.07, 6.45) is 1.19. The number of amides is 1. The molecular formula is C25H25NO7S. The summed E-state index contributed by atoms with van der Waals surface area (Å²) in [5.74, 6) is -2.29. The molecule has 0 atom stereocenters. The first-order valence-electron chi connectivity index (χ1n) is 10.4. The van der Waals surface area contributed by atoms with Gasteiger partial charge in [-0.05, 0) is 42.5 Å². The van der Waals surface area contributed by atoms with E-state index in [9.17, 15) is 22.8 Å². The van der Waals surface area contributed by atoms with Gasteiger partial charge in [-0.1, -0.05) is 39.0 Å². The van der Waals surface area contributed by atoms with Gasteiger partial charge < -0.3 is 14.5 Å². The van der Waals surface area contributed by atoms with Crippen molar-refractivity contribution in [2.45, 2.75) is 31.4 Å². The number of benzene rings is 2. The third-order valence-corrected chi connectivity index (χ3v) is 6.54. The fourth-order valence-corrected chi connectivity index (χ4v) is 4.26. The molecule has 9 heteroatoms. The van der Waals surface area contributed by atoms with Gasteiger partial charge in [0.15, 0.2) is 22.2 Å². The molecule has 0 saturated carbocycles. The van der Waals surface area contributed by atoms with E-state index in [1.165, 1.54) is 36.6 Å². The number of anilines is 1. The largest absolute Gasteiger partial charge is 0.457 e. The molecule has 2 aromatic carbocycles. The lowest BCUT2D eigenvalue weighted by Crippen LogP contribution is -2.27. The van der Waals surface area contributed by atoms with Crippen LogP contribution in [0.15, 0.2) is 76.2 Å². The third kappa shape index (κ3) is 6.20. The van der Waals surface area contributed by atoms with Crippen molar-refractivity contribution in [2.75, 3.05) is 11.9 Å². The number of carbonyl (C=O) groups excluding carboxylic acids is 3. The molecule has 0 fully saturated rings. The molecule has 178 valence electrons. The molecule has 1 aromatic heterocycles. The highest BCUT2D eigenvalue weighted by Gasteiger charge is 2.24. The predicted molar refractivity (Wildman–Crippen MR) is 125 cm³/mol. The average Bonchev–Trinajstić information content (AvgIpc) is 3.25. The van der Waals surface area contributed by atoms with E-state index in [2.05, 4.69) is 5.32 Å². The van der Waals surface area contributed by atoms with Crippen molar-refractivity contribution in [1.29, 1.82) is 0 Å². The van der Waals surface area contributed by atoms with Crippen molar-refractivity contribution in [3.63, 3.8) is 0 Å². The number of furan rings is 1. The van der Waals surface area contributed by atoms with E-state index in [4.69, 9.17) is 9.15 Å². The van der Waals surface area contributed by atoms with Crippen molar-refractivity contribution in [1.82, 2.24) is 0 Å². The van der Waals surface area contributed by atoms with Gasteiger partial charge in [-0.25, -0.2) is 13.2 Å². The van der Waals surface area contributed by atoms with Gasteiger partial charge in [0.1, 0.15) is 0 Å². The summed E-state index contributed by atoms with van der Waals surface area (Å²) in [6.45, 7) is 4.81. The molecule has 3 aromatic rings. The summed E-state index contributed by atoms with van der Waals surface area (Å²) in [7, 11) is -3.70. The molecule has 0 saturated heterocycles. The number of rotatable bonds is 8. The molecule has 3 rings (SSSR count). The smallest absolute Gasteiger partial charge is 0.374 e. The standard InChI is InChI=1S/C25H25NO7S/c1-25(2,3)24(29)26-19-11-9-17(10-12-19)21(27)15-33-23(28)22-18(13-14-32-22)16-34(30,31)20-7-5-4-6-8-20/h4-14H,15-16H2,1-3H3,(H,26,29). The Kier molecular flexibility index (Phi) is 7.36. The van der Waals surface area contributed by atoms with Crippen LogP contribution in [0.1, 0.15) is 47.2 Å². The maximum absolute atomic E-state index is 12.6. The van der Waals surface area contributed by atoms with Crippen LogP contribution in [0.5, 0.6) is 0 Å². The van der Waals surface area contributed by atoms with Gasteiger partial charge in [0, 0.05) is 22.2 Å². The van der Waals surface area contributed by atoms with Crippen LogP contribution in [0.25, 0.3) is 0 Å². The van der Waals surface area contributed by atoms with Crippen LogP contribution in [-0.2, 0) is 25.1 Å². The van der Waals surface area contributed by atoms with E-state index in [0.29, 0.717) is 5.69 Å². The number of hydrogen-bond donors (Lipinski definition) is 1. The number of esters is 1. The fraction of sp³-hybridized carbons (Fsp3) is 0.240. The number of Topliss-reactive ketones (excluding diaryl/α,β-unsaturated/α-hetero) is 1. The molecule has 0 unspecified atom stereocenters. The topological polar surface area (TPSA) is 120 Å². The van der Waals surface area contributed by atoms with Crippen LogP contribution in [0.3, 0.4) is 0 Å². The van der Waals surface area contributed by atoms with E-state index in [1.54, 1.807) is 51.1 Å². The predicted octanol–water partition coefficient (Wildman–Crippen LogP) is 4.28. The van der Waals surface area contributed by atoms with Crippen molar-refractivity contribution in [2.24, 2.45) is 5.41 Å². The highest BCUT2D eigenvalue weighted by atomic mass is 32.2. The van der Waals surface area contributed by atoms with E-state index in [0.717, 1.165) is 0 Å². The van der Waals surface area contributed by atoms with Crippen molar-refractivity contribution in [3.05, 3.63) is 83.8 Å². The number of sulfone groups is 1. The van der Waals surface area contributed by atoms with Crippen LogP contribution in [0, 0.1) is 5.41 Å². The Morgan fingerprint density at radius 1 is 0.941 bits per heavy atom. The Hall–Kier alpha value is -3.72. The fourth-order valence-electron chi connectivity index (χ4n) is 2.88. The van der Waals surface area contributed by atoms with Crippen LogP contribution in [-0.4, -0.2) is 32.7 Å². The summed E-state index contributed by atoms with van der Waals surface area (Å²) in [4.78, 5) is 37.0. The van der Waals surface area contributed by atoms with Gasteiger partial charge in [-0.3, -0.25) is 9.59 Å². The Labute approximate surface area is 197 Å². The van der Waals surface area contributed by atoms with E-state index < -0.39 is 39.4 Å². The molecule has 34 heavy (non-hydrogen) atoms. The Morgan fingerprint density at radius 2 is 1.59 bits per heavy atom. The first kappa shape index (κ1) is 24.9. The number of ether oxygens (including phenoxy) is 1. The zero-order chi connectivity index (χ0) is 24.9. The molecule has 1 N–H and O–H groups in total. The molecule has 0 aliphatic rings.